The predicted octanol–water partition coefficient (Wildman–Crippen LogP) is 8.34. The third-order valence-corrected chi connectivity index (χ3v) is 6.01. The Kier molecular flexibility index (Phi) is 3.89. The summed E-state index contributed by atoms with van der Waals surface area (Å²) < 4.78 is 0. The summed E-state index contributed by atoms with van der Waals surface area (Å²) >= 11 is 0. The van der Waals surface area contributed by atoms with Crippen LogP contribution in [-0.2, 0) is 0 Å². The fraction of sp³-hybridized carbons (Fsp3) is 0. The van der Waals surface area contributed by atoms with E-state index in [-0.39, 0.29) is 0 Å². The molecule has 0 aromatic carbocycles. The zero-order valence-corrected chi connectivity index (χ0v) is 16.5. The van der Waals surface area contributed by atoms with Gasteiger partial charge < -0.3 is 0 Å². The molecule has 0 nitrogen and oxygen atoms in total. The number of fused-ring (bicyclic) bond motifs is 3. The topological polar surface area (TPSA) is 0 Å². The van der Waals surface area contributed by atoms with Gasteiger partial charge in [0.25, 0.3) is 0 Å². The monoisotopic (exact) mass is 380 g/mol. The molecule has 0 amide bonds. The average molecular weight is 380 g/mol. The van der Waals surface area contributed by atoms with Crippen LogP contribution < -0.4 is 0 Å². The highest BCUT2D eigenvalue weighted by Crippen LogP contribution is 2.49. The first-order valence-corrected chi connectivity index (χ1v) is 10.4. The lowest BCUT2D eigenvalue weighted by Crippen LogP contribution is -1.79. The molecular formula is C30H20. The van der Waals surface area contributed by atoms with Crippen LogP contribution >= 0.6 is 0 Å². The van der Waals surface area contributed by atoms with Gasteiger partial charge in [0.2, 0.25) is 0 Å². The molecule has 0 saturated carbocycles. The van der Waals surface area contributed by atoms with Crippen LogP contribution in [0.5, 0.6) is 0 Å². The van der Waals surface area contributed by atoms with Crippen molar-refractivity contribution in [2.45, 2.75) is 0 Å². The van der Waals surface area contributed by atoms with Crippen molar-refractivity contribution in [2.75, 3.05) is 0 Å². The van der Waals surface area contributed by atoms with E-state index >= 15 is 0 Å². The zero-order valence-electron chi connectivity index (χ0n) is 16.5. The van der Waals surface area contributed by atoms with E-state index in [1.54, 1.807) is 0 Å². The van der Waals surface area contributed by atoms with E-state index in [9.17, 15) is 0 Å². The summed E-state index contributed by atoms with van der Waals surface area (Å²) in [5.74, 6) is 0. The minimum Gasteiger partial charge on any atom is -0.0622 e. The van der Waals surface area contributed by atoms with E-state index in [4.69, 9.17) is 0 Å². The van der Waals surface area contributed by atoms with E-state index < -0.39 is 0 Å². The fourth-order valence-corrected chi connectivity index (χ4v) is 4.62. The van der Waals surface area contributed by atoms with Gasteiger partial charge in [-0.25, -0.2) is 0 Å². The molecule has 0 fully saturated rings. The highest BCUT2D eigenvalue weighted by molar-refractivity contribution is 6.04. The number of hydrogen-bond acceptors (Lipinski definition) is 0. The summed E-state index contributed by atoms with van der Waals surface area (Å²) in [6, 6.07) is 43.8. The Bertz CT molecular complexity index is 1360. The first kappa shape index (κ1) is 17.0. The first-order valence-electron chi connectivity index (χ1n) is 10.4. The molecule has 140 valence electrons. The molecule has 0 aromatic heterocycles. The largest absolute Gasteiger partial charge is 0.0622 e. The summed E-state index contributed by atoms with van der Waals surface area (Å²) in [4.78, 5) is 0. The molecule has 0 bridgehead atoms. The van der Waals surface area contributed by atoms with Crippen LogP contribution in [0, 0.1) is 0 Å². The van der Waals surface area contributed by atoms with Crippen LogP contribution in [0.4, 0.5) is 0 Å². The van der Waals surface area contributed by atoms with Crippen LogP contribution in [0.25, 0.3) is 55.6 Å². The van der Waals surface area contributed by atoms with Crippen molar-refractivity contribution in [1.82, 2.24) is 0 Å². The zero-order chi connectivity index (χ0) is 19.9. The molecular weight excluding hydrogens is 360 g/mol. The minimum atomic E-state index is 1.27. The lowest BCUT2D eigenvalue weighted by atomic mass is 9.97. The second-order valence-electron chi connectivity index (χ2n) is 7.80. The number of rotatable bonds is 2. The van der Waals surface area contributed by atoms with Crippen LogP contribution in [0.3, 0.4) is 0 Å². The molecule has 0 atom stereocenters. The quantitative estimate of drug-likeness (QED) is 0.283. The molecule has 30 heavy (non-hydrogen) atoms. The second-order valence-corrected chi connectivity index (χ2v) is 7.80. The van der Waals surface area contributed by atoms with Crippen molar-refractivity contribution in [2.24, 2.45) is 0 Å². The Morgan fingerprint density at radius 3 is 1.53 bits per heavy atom. The second kappa shape index (κ2) is 6.86. The van der Waals surface area contributed by atoms with Crippen molar-refractivity contribution in [1.29, 1.82) is 0 Å². The summed E-state index contributed by atoms with van der Waals surface area (Å²) in [5, 5.41) is 0. The molecule has 0 aromatic rings. The van der Waals surface area contributed by atoms with Crippen molar-refractivity contribution >= 4 is 0 Å². The van der Waals surface area contributed by atoms with Crippen molar-refractivity contribution in [3.8, 4) is 55.6 Å². The highest BCUT2D eigenvalue weighted by Gasteiger charge is 2.22. The molecule has 0 N–H and O–H groups in total. The lowest BCUT2D eigenvalue weighted by molar-refractivity contribution is 1.74. The molecule has 6 rings (SSSR count). The summed E-state index contributed by atoms with van der Waals surface area (Å²) in [7, 11) is 0. The standard InChI is InChI=1S/C30H20/c1-5-11-22-18-25(19-23(22)12-6-1)30-27-15-9-3-7-13-24(27)20-29(30)28-17-16-21-10-4-2-8-14-26(21)28/h1-20H. The summed E-state index contributed by atoms with van der Waals surface area (Å²) in [6.07, 6.45) is 0. The Labute approximate surface area is 177 Å². The summed E-state index contributed by atoms with van der Waals surface area (Å²) in [5.41, 5.74) is 12.9. The van der Waals surface area contributed by atoms with Gasteiger partial charge >= 0.3 is 0 Å². The van der Waals surface area contributed by atoms with Gasteiger partial charge in [-0.1, -0.05) is 103 Å². The van der Waals surface area contributed by atoms with E-state index in [0.29, 0.717) is 0 Å². The van der Waals surface area contributed by atoms with E-state index in [0.717, 1.165) is 0 Å². The summed E-state index contributed by atoms with van der Waals surface area (Å²) in [6.45, 7) is 0. The van der Waals surface area contributed by atoms with E-state index in [1.165, 1.54) is 55.6 Å². The molecule has 0 unspecified atom stereocenters. The normalized spacial score (nSPS) is 11.3. The Balaban J connectivity index is 1.67. The van der Waals surface area contributed by atoms with Gasteiger partial charge in [-0.3, -0.25) is 0 Å². The van der Waals surface area contributed by atoms with Crippen LogP contribution in [0.1, 0.15) is 0 Å². The van der Waals surface area contributed by atoms with Gasteiger partial charge in [0.15, 0.2) is 0 Å². The fourth-order valence-electron chi connectivity index (χ4n) is 4.62. The van der Waals surface area contributed by atoms with Crippen LogP contribution in [0.15, 0.2) is 121 Å². The molecule has 0 aliphatic heterocycles. The smallest absolute Gasteiger partial charge is 0.00259 e. The van der Waals surface area contributed by atoms with Gasteiger partial charge in [-0.05, 0) is 73.8 Å². The van der Waals surface area contributed by atoms with Gasteiger partial charge in [0.1, 0.15) is 0 Å². The molecule has 6 aliphatic rings. The maximum absolute atomic E-state index is 2.35. The highest BCUT2D eigenvalue weighted by atomic mass is 14.3. The predicted molar refractivity (Wildman–Crippen MR) is 127 cm³/mol. The van der Waals surface area contributed by atoms with Gasteiger partial charge in [0.05, 0.1) is 0 Å². The molecule has 0 radical (unpaired) electrons. The molecule has 0 heteroatoms. The molecule has 0 saturated heterocycles. The van der Waals surface area contributed by atoms with Crippen molar-refractivity contribution in [3.05, 3.63) is 121 Å². The molecule has 0 spiro atoms. The van der Waals surface area contributed by atoms with Gasteiger partial charge in [0, 0.05) is 0 Å². The Morgan fingerprint density at radius 1 is 0.267 bits per heavy atom. The Morgan fingerprint density at radius 2 is 0.833 bits per heavy atom. The van der Waals surface area contributed by atoms with Crippen LogP contribution in [-0.4, -0.2) is 0 Å². The van der Waals surface area contributed by atoms with Gasteiger partial charge in [-0.2, -0.15) is 0 Å². The maximum Gasteiger partial charge on any atom is -0.00259 e. The molecule has 6 aliphatic carbocycles. The SMILES string of the molecule is c1ccc2cc(-c3c4cccccc-4cc3-c3ccc4cccccc3-4)cc-2cc1. The third-order valence-electron chi connectivity index (χ3n) is 6.01. The maximum atomic E-state index is 2.35. The average Bonchev–Trinajstić information content (AvgIpc) is 3.24. The van der Waals surface area contributed by atoms with Crippen molar-refractivity contribution in [3.63, 3.8) is 0 Å². The lowest BCUT2D eigenvalue weighted by Gasteiger charge is -2.06. The Hall–Kier alpha value is -3.90. The first-order chi connectivity index (χ1) is 14.9. The third kappa shape index (κ3) is 2.69. The van der Waals surface area contributed by atoms with Crippen molar-refractivity contribution < 1.29 is 0 Å². The number of hydrogen-bond donors (Lipinski definition) is 0. The van der Waals surface area contributed by atoms with E-state index in [1.807, 2.05) is 0 Å². The molecule has 0 heterocycles. The minimum absolute atomic E-state index is 1.27. The van der Waals surface area contributed by atoms with Gasteiger partial charge in [-0.15, -0.1) is 0 Å². The van der Waals surface area contributed by atoms with Crippen LogP contribution in [0.2, 0.25) is 0 Å². The van der Waals surface area contributed by atoms with E-state index in [2.05, 4.69) is 121 Å².